The molecule has 1 N–H and O–H groups in total. The van der Waals surface area contributed by atoms with Crippen molar-refractivity contribution in [2.45, 2.75) is 26.1 Å². The predicted octanol–water partition coefficient (Wildman–Crippen LogP) is 2.03. The van der Waals surface area contributed by atoms with Crippen molar-refractivity contribution in [1.82, 2.24) is 0 Å². The molecule has 0 aliphatic rings. The van der Waals surface area contributed by atoms with Crippen molar-refractivity contribution >= 4 is 0 Å². The maximum atomic E-state index is 9.43. The van der Waals surface area contributed by atoms with E-state index in [1.54, 1.807) is 26.0 Å². The van der Waals surface area contributed by atoms with Crippen molar-refractivity contribution < 1.29 is 9.84 Å². The van der Waals surface area contributed by atoms with Crippen LogP contribution in [-0.2, 0) is 0 Å². The zero-order valence-electron chi connectivity index (χ0n) is 8.27. The smallest absolute Gasteiger partial charge is 0.181 e. The summed E-state index contributed by atoms with van der Waals surface area (Å²) in [5, 5.41) is 18.0. The molecule has 3 nitrogen and oxygen atoms in total. The normalized spacial score (nSPS) is 14.1. The fourth-order valence-electron chi connectivity index (χ4n) is 1.15. The van der Waals surface area contributed by atoms with Crippen LogP contribution in [0, 0.1) is 11.3 Å². The highest BCUT2D eigenvalue weighted by molar-refractivity contribution is 5.35. The minimum Gasteiger partial charge on any atom is -0.475 e. The van der Waals surface area contributed by atoms with Crippen LogP contribution >= 0.6 is 0 Å². The Hall–Kier alpha value is -1.53. The maximum Gasteiger partial charge on any atom is 0.181 e. The second-order valence-corrected chi connectivity index (χ2v) is 3.10. The molecule has 0 amide bonds. The molecule has 0 aliphatic heterocycles. The molecule has 1 rings (SSSR count). The van der Waals surface area contributed by atoms with Crippen LogP contribution in [0.4, 0.5) is 0 Å². The van der Waals surface area contributed by atoms with Gasteiger partial charge in [0, 0.05) is 5.56 Å². The average Bonchev–Trinajstić information content (AvgIpc) is 2.18. The summed E-state index contributed by atoms with van der Waals surface area (Å²) in [5.74, 6) is 0.566. The van der Waals surface area contributed by atoms with Gasteiger partial charge in [0.05, 0.1) is 6.10 Å². The van der Waals surface area contributed by atoms with Gasteiger partial charge in [-0.05, 0) is 19.9 Å². The molecule has 0 saturated carbocycles. The summed E-state index contributed by atoms with van der Waals surface area (Å²) in [6.07, 6.45) is -1.09. The molecule has 1 aromatic carbocycles. The van der Waals surface area contributed by atoms with Gasteiger partial charge < -0.3 is 9.84 Å². The zero-order valence-corrected chi connectivity index (χ0v) is 8.27. The molecule has 0 heterocycles. The van der Waals surface area contributed by atoms with Gasteiger partial charge in [0.15, 0.2) is 6.10 Å². The summed E-state index contributed by atoms with van der Waals surface area (Å²) in [6.45, 7) is 3.33. The lowest BCUT2D eigenvalue weighted by Crippen LogP contribution is -2.10. The third-order valence-corrected chi connectivity index (χ3v) is 1.85. The Morgan fingerprint density at radius 1 is 1.36 bits per heavy atom. The summed E-state index contributed by atoms with van der Waals surface area (Å²) in [7, 11) is 0. The van der Waals surface area contributed by atoms with E-state index in [2.05, 4.69) is 0 Å². The van der Waals surface area contributed by atoms with Crippen molar-refractivity contribution in [3.05, 3.63) is 29.8 Å². The van der Waals surface area contributed by atoms with E-state index in [1.165, 1.54) is 0 Å². The highest BCUT2D eigenvalue weighted by Gasteiger charge is 2.10. The first-order valence-corrected chi connectivity index (χ1v) is 4.48. The molecule has 3 heteroatoms. The van der Waals surface area contributed by atoms with E-state index in [1.807, 2.05) is 18.2 Å². The van der Waals surface area contributed by atoms with Crippen LogP contribution in [0.25, 0.3) is 0 Å². The van der Waals surface area contributed by atoms with E-state index in [0.717, 1.165) is 0 Å². The molecule has 1 aromatic rings. The number of para-hydroxylation sites is 1. The fraction of sp³-hybridized carbons (Fsp3) is 0.364. The first-order valence-electron chi connectivity index (χ1n) is 4.48. The quantitative estimate of drug-likeness (QED) is 0.795. The second-order valence-electron chi connectivity index (χ2n) is 3.10. The Labute approximate surface area is 83.6 Å². The standard InChI is InChI=1S/C11H13NO2/c1-8(7-12)14-11-6-4-3-5-10(11)9(2)13/h3-6,8-9,13H,1-2H3/t8?,9-/m0/s1. The summed E-state index contributed by atoms with van der Waals surface area (Å²) < 4.78 is 5.33. The number of aliphatic hydroxyl groups is 1. The topological polar surface area (TPSA) is 53.2 Å². The van der Waals surface area contributed by atoms with Crippen LogP contribution in [0.5, 0.6) is 5.75 Å². The lowest BCUT2D eigenvalue weighted by Gasteiger charge is -2.13. The van der Waals surface area contributed by atoms with Crippen molar-refractivity contribution in [2.24, 2.45) is 0 Å². The van der Waals surface area contributed by atoms with Crippen molar-refractivity contribution in [3.8, 4) is 11.8 Å². The van der Waals surface area contributed by atoms with Crippen LogP contribution in [0.1, 0.15) is 25.5 Å². The number of aliphatic hydroxyl groups excluding tert-OH is 1. The highest BCUT2D eigenvalue weighted by atomic mass is 16.5. The van der Waals surface area contributed by atoms with Crippen molar-refractivity contribution in [3.63, 3.8) is 0 Å². The van der Waals surface area contributed by atoms with Gasteiger partial charge in [0.1, 0.15) is 11.8 Å². The molecular weight excluding hydrogens is 178 g/mol. The first-order chi connectivity index (χ1) is 6.65. The molecule has 0 saturated heterocycles. The molecule has 14 heavy (non-hydrogen) atoms. The van der Waals surface area contributed by atoms with Crippen LogP contribution < -0.4 is 4.74 Å². The minimum absolute atomic E-state index is 0.505. The van der Waals surface area contributed by atoms with Gasteiger partial charge in [-0.3, -0.25) is 0 Å². The average molecular weight is 191 g/mol. The van der Waals surface area contributed by atoms with Crippen molar-refractivity contribution in [2.75, 3.05) is 0 Å². The molecule has 0 bridgehead atoms. The van der Waals surface area contributed by atoms with E-state index >= 15 is 0 Å². The Morgan fingerprint density at radius 2 is 2.00 bits per heavy atom. The molecular formula is C11H13NO2. The van der Waals surface area contributed by atoms with Crippen LogP contribution in [-0.4, -0.2) is 11.2 Å². The largest absolute Gasteiger partial charge is 0.475 e. The Kier molecular flexibility index (Phi) is 3.49. The van der Waals surface area contributed by atoms with Gasteiger partial charge in [-0.2, -0.15) is 5.26 Å². The SMILES string of the molecule is CC(C#N)Oc1ccccc1[C@H](C)O. The molecule has 0 spiro atoms. The third-order valence-electron chi connectivity index (χ3n) is 1.85. The summed E-state index contributed by atoms with van der Waals surface area (Å²) in [4.78, 5) is 0. The Balaban J connectivity index is 2.91. The summed E-state index contributed by atoms with van der Waals surface area (Å²) >= 11 is 0. The van der Waals surface area contributed by atoms with Gasteiger partial charge >= 0.3 is 0 Å². The Morgan fingerprint density at radius 3 is 2.57 bits per heavy atom. The lowest BCUT2D eigenvalue weighted by molar-refractivity contribution is 0.188. The molecule has 2 atom stereocenters. The predicted molar refractivity (Wildman–Crippen MR) is 52.8 cm³/mol. The molecule has 0 fully saturated rings. The number of hydrogen-bond donors (Lipinski definition) is 1. The summed E-state index contributed by atoms with van der Waals surface area (Å²) in [6, 6.07) is 9.14. The number of ether oxygens (including phenoxy) is 1. The maximum absolute atomic E-state index is 9.43. The van der Waals surface area contributed by atoms with Gasteiger partial charge in [0.2, 0.25) is 0 Å². The number of hydrogen-bond acceptors (Lipinski definition) is 3. The van der Waals surface area contributed by atoms with E-state index in [9.17, 15) is 5.11 Å². The van der Waals surface area contributed by atoms with Crippen LogP contribution in [0.3, 0.4) is 0 Å². The van der Waals surface area contributed by atoms with Gasteiger partial charge in [-0.15, -0.1) is 0 Å². The van der Waals surface area contributed by atoms with Gasteiger partial charge in [-0.25, -0.2) is 0 Å². The van der Waals surface area contributed by atoms with Crippen molar-refractivity contribution in [1.29, 1.82) is 5.26 Å². The second kappa shape index (κ2) is 4.64. The number of nitrogens with zero attached hydrogens (tertiary/aromatic N) is 1. The Bertz CT molecular complexity index is 341. The molecule has 1 unspecified atom stereocenters. The third kappa shape index (κ3) is 2.48. The monoisotopic (exact) mass is 191 g/mol. The number of nitriles is 1. The highest BCUT2D eigenvalue weighted by Crippen LogP contribution is 2.25. The van der Waals surface area contributed by atoms with Crippen LogP contribution in [0.2, 0.25) is 0 Å². The molecule has 0 aromatic heterocycles. The zero-order chi connectivity index (χ0) is 10.6. The number of benzene rings is 1. The van der Waals surface area contributed by atoms with Gasteiger partial charge in [-0.1, -0.05) is 18.2 Å². The van der Waals surface area contributed by atoms with E-state index in [0.29, 0.717) is 11.3 Å². The first kappa shape index (κ1) is 10.6. The van der Waals surface area contributed by atoms with E-state index < -0.39 is 12.2 Å². The van der Waals surface area contributed by atoms with Gasteiger partial charge in [0.25, 0.3) is 0 Å². The van der Waals surface area contributed by atoms with E-state index in [-0.39, 0.29) is 0 Å². The molecule has 0 aliphatic carbocycles. The minimum atomic E-state index is -0.586. The van der Waals surface area contributed by atoms with Crippen LogP contribution in [0.15, 0.2) is 24.3 Å². The lowest BCUT2D eigenvalue weighted by atomic mass is 10.1. The summed E-state index contributed by atoms with van der Waals surface area (Å²) in [5.41, 5.74) is 0.703. The number of rotatable bonds is 3. The van der Waals surface area contributed by atoms with E-state index in [4.69, 9.17) is 10.00 Å². The fourth-order valence-corrected chi connectivity index (χ4v) is 1.15. The molecule has 74 valence electrons. The molecule has 0 radical (unpaired) electrons.